The molecule has 0 aliphatic carbocycles. The molecule has 0 radical (unpaired) electrons. The molecule has 0 bridgehead atoms. The average Bonchev–Trinajstić information content (AvgIpc) is 2.80. The molecule has 3 heteroatoms. The largest absolute Gasteiger partial charge is 0.401 e. The number of aromatic nitrogens is 2. The minimum absolute atomic E-state index is 0.797. The van der Waals surface area contributed by atoms with Crippen LogP contribution in [0.15, 0.2) is 47.2 Å². The Bertz CT molecular complexity index is 686. The number of oxazole rings is 1. The summed E-state index contributed by atoms with van der Waals surface area (Å²) in [5.74, 6) is 0. The van der Waals surface area contributed by atoms with Crippen LogP contribution in [0.25, 0.3) is 22.5 Å². The molecule has 3 rings (SSSR count). The molecule has 0 aliphatic heterocycles. The lowest BCUT2D eigenvalue weighted by Gasteiger charge is -2.03. The number of hydrogen-bond acceptors (Lipinski definition) is 2. The van der Waals surface area contributed by atoms with Crippen molar-refractivity contribution in [2.24, 2.45) is 7.05 Å². The Kier molecular flexibility index (Phi) is 2.18. The number of benzene rings is 1. The molecule has 3 nitrogen and oxygen atoms in total. The highest BCUT2D eigenvalue weighted by Gasteiger charge is 2.17. The lowest BCUT2D eigenvalue weighted by atomic mass is 10.1. The minimum Gasteiger partial charge on any atom is -0.391 e. The zero-order valence-corrected chi connectivity index (χ0v) is 9.84. The first-order valence-electron chi connectivity index (χ1n) is 5.55. The first-order chi connectivity index (χ1) is 8.27. The zero-order chi connectivity index (χ0) is 11.8. The Morgan fingerprint density at radius 1 is 1.12 bits per heavy atom. The predicted molar refractivity (Wildman–Crippen MR) is 65.4 cm³/mol. The van der Waals surface area contributed by atoms with E-state index >= 15 is 0 Å². The van der Waals surface area contributed by atoms with E-state index in [-0.39, 0.29) is 0 Å². The number of hydrogen-bond donors (Lipinski definition) is 0. The summed E-state index contributed by atoms with van der Waals surface area (Å²) in [6.45, 7) is 2.11. The van der Waals surface area contributed by atoms with Crippen molar-refractivity contribution in [3.63, 3.8) is 0 Å². The number of pyridine rings is 1. The van der Waals surface area contributed by atoms with Gasteiger partial charge in [0.2, 0.25) is 5.69 Å². The van der Waals surface area contributed by atoms with Crippen molar-refractivity contribution in [2.75, 3.05) is 0 Å². The molecule has 2 heterocycles. The SMILES string of the molecule is Cc1ccccc1-c1ccc2ncoc2[n+]1C. The van der Waals surface area contributed by atoms with Crippen LogP contribution in [0, 0.1) is 6.92 Å². The summed E-state index contributed by atoms with van der Waals surface area (Å²) >= 11 is 0. The van der Waals surface area contributed by atoms with Crippen LogP contribution in [0.4, 0.5) is 0 Å². The molecule has 0 unspecified atom stereocenters. The van der Waals surface area contributed by atoms with E-state index in [1.54, 1.807) is 0 Å². The third-order valence-corrected chi connectivity index (χ3v) is 3.06. The van der Waals surface area contributed by atoms with Crippen LogP contribution in [0.1, 0.15) is 5.56 Å². The van der Waals surface area contributed by atoms with Gasteiger partial charge in [-0.15, -0.1) is 0 Å². The van der Waals surface area contributed by atoms with Crippen molar-refractivity contribution in [1.82, 2.24) is 4.98 Å². The highest BCUT2D eigenvalue weighted by molar-refractivity contribution is 5.69. The fourth-order valence-corrected chi connectivity index (χ4v) is 2.12. The van der Waals surface area contributed by atoms with Crippen molar-refractivity contribution in [2.45, 2.75) is 6.92 Å². The van der Waals surface area contributed by atoms with Crippen molar-refractivity contribution in [3.05, 3.63) is 48.4 Å². The normalized spacial score (nSPS) is 10.9. The monoisotopic (exact) mass is 225 g/mol. The maximum absolute atomic E-state index is 5.40. The van der Waals surface area contributed by atoms with Crippen molar-refractivity contribution in [1.29, 1.82) is 0 Å². The van der Waals surface area contributed by atoms with Gasteiger partial charge in [0.1, 0.15) is 7.05 Å². The number of fused-ring (bicyclic) bond motifs is 1. The van der Waals surface area contributed by atoms with Crippen LogP contribution < -0.4 is 4.57 Å². The highest BCUT2D eigenvalue weighted by Crippen LogP contribution is 2.21. The van der Waals surface area contributed by atoms with Gasteiger partial charge in [0, 0.05) is 11.6 Å². The molecule has 0 atom stereocenters. The molecule has 17 heavy (non-hydrogen) atoms. The summed E-state index contributed by atoms with van der Waals surface area (Å²) in [6, 6.07) is 12.4. The molecule has 0 aliphatic rings. The smallest absolute Gasteiger partial charge is 0.391 e. The van der Waals surface area contributed by atoms with Gasteiger partial charge in [0.25, 0.3) is 0 Å². The Balaban J connectivity index is 2.31. The minimum atomic E-state index is 0.797. The highest BCUT2D eigenvalue weighted by atomic mass is 16.3. The summed E-state index contributed by atoms with van der Waals surface area (Å²) in [6.07, 6.45) is 1.48. The van der Waals surface area contributed by atoms with Crippen molar-refractivity contribution >= 4 is 11.2 Å². The van der Waals surface area contributed by atoms with Gasteiger partial charge >= 0.3 is 5.71 Å². The second-order valence-corrected chi connectivity index (χ2v) is 4.14. The molecule has 2 aromatic heterocycles. The molecule has 0 saturated heterocycles. The quantitative estimate of drug-likeness (QED) is 0.596. The topological polar surface area (TPSA) is 29.9 Å². The third kappa shape index (κ3) is 1.51. The fraction of sp³-hybridized carbons (Fsp3) is 0.143. The van der Waals surface area contributed by atoms with Crippen LogP contribution in [-0.4, -0.2) is 4.98 Å². The van der Waals surface area contributed by atoms with Crippen LogP contribution in [-0.2, 0) is 7.05 Å². The van der Waals surface area contributed by atoms with E-state index in [4.69, 9.17) is 4.42 Å². The fourth-order valence-electron chi connectivity index (χ4n) is 2.12. The van der Waals surface area contributed by atoms with E-state index in [0.717, 1.165) is 16.9 Å². The van der Waals surface area contributed by atoms with Crippen molar-refractivity contribution in [3.8, 4) is 11.3 Å². The lowest BCUT2D eigenvalue weighted by molar-refractivity contribution is -0.640. The molecule has 1 aromatic carbocycles. The molecular formula is C14H13N2O+. The van der Waals surface area contributed by atoms with Crippen molar-refractivity contribution < 1.29 is 8.98 Å². The molecule has 0 amide bonds. The van der Waals surface area contributed by atoms with E-state index < -0.39 is 0 Å². The Hall–Kier alpha value is -2.16. The van der Waals surface area contributed by atoms with E-state index in [2.05, 4.69) is 30.1 Å². The van der Waals surface area contributed by atoms with Crippen LogP contribution in [0.5, 0.6) is 0 Å². The van der Waals surface area contributed by atoms with E-state index in [1.807, 2.05) is 29.8 Å². The molecule has 0 saturated carbocycles. The van der Waals surface area contributed by atoms with Crippen LogP contribution >= 0.6 is 0 Å². The first-order valence-corrected chi connectivity index (χ1v) is 5.55. The van der Waals surface area contributed by atoms with Gasteiger partial charge in [0.15, 0.2) is 11.9 Å². The number of aryl methyl sites for hydroxylation is 2. The third-order valence-electron chi connectivity index (χ3n) is 3.06. The van der Waals surface area contributed by atoms with Crippen LogP contribution in [0.2, 0.25) is 0 Å². The summed E-state index contributed by atoms with van der Waals surface area (Å²) in [5.41, 5.74) is 5.28. The lowest BCUT2D eigenvalue weighted by Crippen LogP contribution is -2.31. The maximum Gasteiger partial charge on any atom is 0.401 e. The first kappa shape index (κ1) is 10.0. The molecule has 0 N–H and O–H groups in total. The Labute approximate surface area is 99.3 Å². The second kappa shape index (κ2) is 3.70. The van der Waals surface area contributed by atoms with Gasteiger partial charge < -0.3 is 4.42 Å². The molecular weight excluding hydrogens is 212 g/mol. The molecule has 0 spiro atoms. The van der Waals surface area contributed by atoms with Gasteiger partial charge in [-0.3, -0.25) is 0 Å². The summed E-state index contributed by atoms with van der Waals surface area (Å²) < 4.78 is 7.43. The van der Waals surface area contributed by atoms with Gasteiger partial charge in [-0.2, -0.15) is 4.57 Å². The van der Waals surface area contributed by atoms with Gasteiger partial charge in [-0.25, -0.2) is 4.98 Å². The van der Waals surface area contributed by atoms with E-state index in [9.17, 15) is 0 Å². The van der Waals surface area contributed by atoms with Gasteiger partial charge in [-0.05, 0) is 24.6 Å². The van der Waals surface area contributed by atoms with E-state index in [1.165, 1.54) is 17.5 Å². The second-order valence-electron chi connectivity index (χ2n) is 4.14. The standard InChI is InChI=1S/C14H13N2O/c1-10-5-3-4-6-11(10)13-8-7-12-14(16(13)2)17-9-15-12/h3-9H,1-2H3/q+1. The number of rotatable bonds is 1. The Morgan fingerprint density at radius 2 is 1.94 bits per heavy atom. The molecule has 0 fully saturated rings. The average molecular weight is 225 g/mol. The van der Waals surface area contributed by atoms with Crippen LogP contribution in [0.3, 0.4) is 0 Å². The van der Waals surface area contributed by atoms with Gasteiger partial charge in [-0.1, -0.05) is 18.2 Å². The molecule has 3 aromatic rings. The summed E-state index contributed by atoms with van der Waals surface area (Å²) in [4.78, 5) is 4.15. The van der Waals surface area contributed by atoms with Gasteiger partial charge in [0.05, 0.1) is 0 Å². The maximum atomic E-state index is 5.40. The van der Waals surface area contributed by atoms with E-state index in [0.29, 0.717) is 0 Å². The Morgan fingerprint density at radius 3 is 2.76 bits per heavy atom. The summed E-state index contributed by atoms with van der Waals surface area (Å²) in [5, 5.41) is 0. The number of nitrogens with zero attached hydrogens (tertiary/aromatic N) is 2. The predicted octanol–water partition coefficient (Wildman–Crippen LogP) is 2.63. The molecule has 84 valence electrons. The summed E-state index contributed by atoms with van der Waals surface area (Å²) in [7, 11) is 2.00. The zero-order valence-electron chi connectivity index (χ0n) is 9.84.